The lowest BCUT2D eigenvalue weighted by Gasteiger charge is -2.23. The monoisotopic (exact) mass is 230 g/mol. The summed E-state index contributed by atoms with van der Waals surface area (Å²) >= 11 is 0. The number of ether oxygens (including phenoxy) is 1. The SMILES string of the molecule is CC1Oc2c(C(=O)O)cccc2-c2ccoc21. The van der Waals surface area contributed by atoms with Crippen molar-refractivity contribution < 1.29 is 19.1 Å². The lowest BCUT2D eigenvalue weighted by atomic mass is 9.97. The number of hydrogen-bond donors (Lipinski definition) is 1. The Hall–Kier alpha value is -2.23. The molecule has 1 unspecified atom stereocenters. The van der Waals surface area contributed by atoms with Crippen LogP contribution in [0.5, 0.6) is 5.75 Å². The molecular formula is C13H10O4. The van der Waals surface area contributed by atoms with Gasteiger partial charge in [0, 0.05) is 11.1 Å². The zero-order valence-corrected chi connectivity index (χ0v) is 9.14. The summed E-state index contributed by atoms with van der Waals surface area (Å²) in [5, 5.41) is 9.12. The molecule has 0 saturated heterocycles. The second-order valence-corrected chi connectivity index (χ2v) is 3.95. The van der Waals surface area contributed by atoms with Gasteiger partial charge in [-0.05, 0) is 19.1 Å². The van der Waals surface area contributed by atoms with Crippen LogP contribution in [-0.4, -0.2) is 11.1 Å². The topological polar surface area (TPSA) is 59.7 Å². The summed E-state index contributed by atoms with van der Waals surface area (Å²) in [6.45, 7) is 1.84. The Bertz CT molecular complexity index is 597. The van der Waals surface area contributed by atoms with Gasteiger partial charge >= 0.3 is 5.97 Å². The Morgan fingerprint density at radius 3 is 2.88 bits per heavy atom. The lowest BCUT2D eigenvalue weighted by Crippen LogP contribution is -2.12. The molecule has 0 bridgehead atoms. The van der Waals surface area contributed by atoms with Crippen molar-refractivity contribution in [2.75, 3.05) is 0 Å². The number of aromatic carboxylic acids is 1. The van der Waals surface area contributed by atoms with E-state index in [1.54, 1.807) is 18.4 Å². The Kier molecular flexibility index (Phi) is 1.98. The molecular weight excluding hydrogens is 220 g/mol. The maximum absolute atomic E-state index is 11.1. The molecule has 1 atom stereocenters. The Balaban J connectivity index is 2.29. The molecule has 0 aliphatic carbocycles. The molecule has 4 heteroatoms. The number of furan rings is 1. The number of carboxylic acids is 1. The van der Waals surface area contributed by atoms with Crippen molar-refractivity contribution in [2.45, 2.75) is 13.0 Å². The molecule has 3 rings (SSSR count). The minimum Gasteiger partial charge on any atom is -0.481 e. The van der Waals surface area contributed by atoms with Crippen molar-refractivity contribution in [2.24, 2.45) is 0 Å². The number of carboxylic acid groups (broad SMARTS) is 1. The van der Waals surface area contributed by atoms with E-state index in [0.29, 0.717) is 5.75 Å². The van der Waals surface area contributed by atoms with Crippen molar-refractivity contribution in [3.63, 3.8) is 0 Å². The third kappa shape index (κ3) is 1.34. The molecule has 1 aliphatic rings. The molecule has 0 radical (unpaired) electrons. The fraction of sp³-hybridized carbons (Fsp3) is 0.154. The molecule has 17 heavy (non-hydrogen) atoms. The molecule has 1 aliphatic heterocycles. The fourth-order valence-electron chi connectivity index (χ4n) is 2.13. The average Bonchev–Trinajstić information content (AvgIpc) is 2.78. The van der Waals surface area contributed by atoms with E-state index < -0.39 is 5.97 Å². The first kappa shape index (κ1) is 9.96. The third-order valence-corrected chi connectivity index (χ3v) is 2.89. The molecule has 0 spiro atoms. The number of rotatable bonds is 1. The number of para-hydroxylation sites is 1. The minimum absolute atomic E-state index is 0.182. The van der Waals surface area contributed by atoms with Gasteiger partial charge in [0.05, 0.1) is 6.26 Å². The second kappa shape index (κ2) is 3.38. The van der Waals surface area contributed by atoms with E-state index in [9.17, 15) is 4.79 Å². The molecule has 4 nitrogen and oxygen atoms in total. The van der Waals surface area contributed by atoms with Gasteiger partial charge in [0.15, 0.2) is 11.9 Å². The van der Waals surface area contributed by atoms with Gasteiger partial charge in [0.2, 0.25) is 0 Å². The van der Waals surface area contributed by atoms with Crippen LogP contribution >= 0.6 is 0 Å². The zero-order chi connectivity index (χ0) is 12.0. The molecule has 86 valence electrons. The summed E-state index contributed by atoms with van der Waals surface area (Å²) in [5.41, 5.74) is 1.86. The van der Waals surface area contributed by atoms with Crippen LogP contribution in [0.2, 0.25) is 0 Å². The maximum Gasteiger partial charge on any atom is 0.339 e. The Labute approximate surface area is 97.4 Å². The van der Waals surface area contributed by atoms with E-state index in [0.717, 1.165) is 16.9 Å². The van der Waals surface area contributed by atoms with Gasteiger partial charge in [0.1, 0.15) is 11.3 Å². The molecule has 0 fully saturated rings. The summed E-state index contributed by atoms with van der Waals surface area (Å²) in [5.74, 6) is 0.169. The first-order valence-electron chi connectivity index (χ1n) is 5.29. The summed E-state index contributed by atoms with van der Waals surface area (Å²) in [6.07, 6.45) is 1.32. The van der Waals surface area contributed by atoms with Crippen LogP contribution in [-0.2, 0) is 0 Å². The number of fused-ring (bicyclic) bond motifs is 3. The molecule has 0 amide bonds. The van der Waals surface area contributed by atoms with Crippen molar-refractivity contribution in [3.8, 4) is 16.9 Å². The summed E-state index contributed by atoms with van der Waals surface area (Å²) in [7, 11) is 0. The maximum atomic E-state index is 11.1. The van der Waals surface area contributed by atoms with Gasteiger partial charge in [-0.3, -0.25) is 0 Å². The Morgan fingerprint density at radius 2 is 2.12 bits per heavy atom. The van der Waals surface area contributed by atoms with Crippen LogP contribution in [0, 0.1) is 0 Å². The molecule has 0 saturated carbocycles. The number of benzene rings is 1. The van der Waals surface area contributed by atoms with Gasteiger partial charge in [-0.25, -0.2) is 4.79 Å². The standard InChI is InChI=1S/C13H10O4/c1-7-11-9(5-6-16-11)8-3-2-4-10(13(14)15)12(8)17-7/h2-7H,1H3,(H,14,15). The highest BCUT2D eigenvalue weighted by Gasteiger charge is 2.29. The van der Waals surface area contributed by atoms with Crippen molar-refractivity contribution in [3.05, 3.63) is 41.9 Å². The van der Waals surface area contributed by atoms with Crippen LogP contribution in [0.25, 0.3) is 11.1 Å². The van der Waals surface area contributed by atoms with E-state index in [4.69, 9.17) is 14.3 Å². The summed E-state index contributed by atoms with van der Waals surface area (Å²) in [6, 6.07) is 6.91. The smallest absolute Gasteiger partial charge is 0.339 e. The summed E-state index contributed by atoms with van der Waals surface area (Å²) < 4.78 is 11.0. The lowest BCUT2D eigenvalue weighted by molar-refractivity contribution is 0.0688. The first-order chi connectivity index (χ1) is 8.18. The predicted molar refractivity (Wildman–Crippen MR) is 60.1 cm³/mol. The zero-order valence-electron chi connectivity index (χ0n) is 9.14. The predicted octanol–water partition coefficient (Wildman–Crippen LogP) is 3.10. The van der Waals surface area contributed by atoms with E-state index in [2.05, 4.69) is 0 Å². The molecule has 2 aromatic rings. The van der Waals surface area contributed by atoms with Gasteiger partial charge in [-0.2, -0.15) is 0 Å². The van der Waals surface area contributed by atoms with E-state index in [-0.39, 0.29) is 11.7 Å². The fourth-order valence-corrected chi connectivity index (χ4v) is 2.13. The Morgan fingerprint density at radius 1 is 1.29 bits per heavy atom. The molecule has 1 aromatic heterocycles. The van der Waals surface area contributed by atoms with Crippen molar-refractivity contribution in [1.29, 1.82) is 0 Å². The van der Waals surface area contributed by atoms with Crippen LogP contribution in [0.1, 0.15) is 29.1 Å². The highest BCUT2D eigenvalue weighted by Crippen LogP contribution is 2.44. The van der Waals surface area contributed by atoms with Crippen LogP contribution in [0.4, 0.5) is 0 Å². The highest BCUT2D eigenvalue weighted by molar-refractivity contribution is 5.95. The highest BCUT2D eigenvalue weighted by atomic mass is 16.5. The molecule has 1 N–H and O–H groups in total. The quantitative estimate of drug-likeness (QED) is 0.817. The van der Waals surface area contributed by atoms with Gasteiger partial charge < -0.3 is 14.3 Å². The van der Waals surface area contributed by atoms with Crippen LogP contribution in [0.3, 0.4) is 0 Å². The van der Waals surface area contributed by atoms with Crippen molar-refractivity contribution in [1.82, 2.24) is 0 Å². The number of carbonyl (C=O) groups is 1. The minimum atomic E-state index is -0.985. The molecule has 2 heterocycles. The largest absolute Gasteiger partial charge is 0.481 e. The third-order valence-electron chi connectivity index (χ3n) is 2.89. The van der Waals surface area contributed by atoms with Crippen molar-refractivity contribution >= 4 is 5.97 Å². The second-order valence-electron chi connectivity index (χ2n) is 3.95. The first-order valence-corrected chi connectivity index (χ1v) is 5.29. The van der Waals surface area contributed by atoms with Gasteiger partial charge in [-0.15, -0.1) is 0 Å². The average molecular weight is 230 g/mol. The van der Waals surface area contributed by atoms with E-state index in [1.807, 2.05) is 19.1 Å². The normalized spacial score (nSPS) is 16.9. The van der Waals surface area contributed by atoms with E-state index in [1.165, 1.54) is 0 Å². The summed E-state index contributed by atoms with van der Waals surface area (Å²) in [4.78, 5) is 11.1. The van der Waals surface area contributed by atoms with Gasteiger partial charge in [-0.1, -0.05) is 12.1 Å². The van der Waals surface area contributed by atoms with E-state index >= 15 is 0 Å². The van der Waals surface area contributed by atoms with Crippen LogP contribution in [0.15, 0.2) is 34.9 Å². The van der Waals surface area contributed by atoms with Gasteiger partial charge in [0.25, 0.3) is 0 Å². The van der Waals surface area contributed by atoms with Crippen LogP contribution < -0.4 is 4.74 Å². The molecule has 1 aromatic carbocycles. The number of hydrogen-bond acceptors (Lipinski definition) is 3.